The maximum Gasteiger partial charge on any atom is 0.260 e. The number of hydrogen-bond donors (Lipinski definition) is 2. The lowest BCUT2D eigenvalue weighted by Gasteiger charge is -2.11. The highest BCUT2D eigenvalue weighted by Gasteiger charge is 2.19. The van der Waals surface area contributed by atoms with Gasteiger partial charge in [0.1, 0.15) is 0 Å². The number of nitrogens with one attached hydrogen (secondary N) is 2. The van der Waals surface area contributed by atoms with E-state index >= 15 is 0 Å². The first-order chi connectivity index (χ1) is 10.0. The predicted octanol–water partition coefficient (Wildman–Crippen LogP) is 2.65. The predicted molar refractivity (Wildman–Crippen MR) is 83.9 cm³/mol. The molecule has 0 radical (unpaired) electrons. The van der Waals surface area contributed by atoms with E-state index in [1.807, 2.05) is 6.92 Å². The third-order valence-corrected chi connectivity index (χ3v) is 4.34. The van der Waals surface area contributed by atoms with E-state index in [9.17, 15) is 8.42 Å². The number of anilines is 1. The first kappa shape index (κ1) is 15.8. The minimum absolute atomic E-state index is 0.00567. The lowest BCUT2D eigenvalue weighted by molar-refractivity contribution is 0.578. The van der Waals surface area contributed by atoms with Gasteiger partial charge in [-0.3, -0.25) is 0 Å². The summed E-state index contributed by atoms with van der Waals surface area (Å²) < 4.78 is 27.2. The maximum atomic E-state index is 12.3. The molecule has 21 heavy (non-hydrogen) atoms. The fourth-order valence-electron chi connectivity index (χ4n) is 1.82. The molecule has 1 heterocycles. The van der Waals surface area contributed by atoms with Gasteiger partial charge in [0.2, 0.25) is 0 Å². The number of hydrogen-bond acceptors (Lipinski definition) is 4. The standard InChI is InChI=1S/C14H16ClN3O2S/c1-2-16-13-7-4-8-17-14(13)21(19,20)18-10-11-5-3-6-12(15)9-11/h3-9,16,18H,2,10H2,1H3. The number of benzene rings is 1. The molecular formula is C14H16ClN3O2S. The van der Waals surface area contributed by atoms with Gasteiger partial charge in [-0.1, -0.05) is 23.7 Å². The molecule has 5 nitrogen and oxygen atoms in total. The van der Waals surface area contributed by atoms with Crippen LogP contribution < -0.4 is 10.0 Å². The normalized spacial score (nSPS) is 11.3. The zero-order valence-electron chi connectivity index (χ0n) is 11.5. The van der Waals surface area contributed by atoms with E-state index in [1.165, 1.54) is 6.20 Å². The minimum atomic E-state index is -3.69. The van der Waals surface area contributed by atoms with Gasteiger partial charge in [0.05, 0.1) is 5.69 Å². The Labute approximate surface area is 129 Å². The summed E-state index contributed by atoms with van der Waals surface area (Å²) in [5.74, 6) is 0. The second-order valence-corrected chi connectivity index (χ2v) is 6.46. The molecule has 0 amide bonds. The number of nitrogens with zero attached hydrogens (tertiary/aromatic N) is 1. The van der Waals surface area contributed by atoms with E-state index in [0.29, 0.717) is 17.3 Å². The molecule has 0 atom stereocenters. The number of pyridine rings is 1. The van der Waals surface area contributed by atoms with Crippen molar-refractivity contribution in [2.24, 2.45) is 0 Å². The summed E-state index contributed by atoms with van der Waals surface area (Å²) in [6.45, 7) is 2.66. The van der Waals surface area contributed by atoms with Crippen LogP contribution in [-0.4, -0.2) is 19.9 Å². The van der Waals surface area contributed by atoms with Gasteiger partial charge >= 0.3 is 0 Å². The second kappa shape index (κ2) is 6.89. The Hall–Kier alpha value is -1.63. The van der Waals surface area contributed by atoms with E-state index in [2.05, 4.69) is 15.0 Å². The molecule has 0 saturated carbocycles. The molecule has 0 aliphatic carbocycles. The topological polar surface area (TPSA) is 71.1 Å². The van der Waals surface area contributed by atoms with Crippen LogP contribution in [0.3, 0.4) is 0 Å². The van der Waals surface area contributed by atoms with E-state index in [-0.39, 0.29) is 11.6 Å². The Kier molecular flexibility index (Phi) is 5.17. The van der Waals surface area contributed by atoms with Gasteiger partial charge in [-0.2, -0.15) is 0 Å². The largest absolute Gasteiger partial charge is 0.383 e. The highest BCUT2D eigenvalue weighted by molar-refractivity contribution is 7.89. The van der Waals surface area contributed by atoms with Crippen molar-refractivity contribution in [2.75, 3.05) is 11.9 Å². The molecule has 0 unspecified atom stereocenters. The Bertz CT molecular complexity index is 720. The van der Waals surface area contributed by atoms with Crippen molar-refractivity contribution in [3.8, 4) is 0 Å². The quantitative estimate of drug-likeness (QED) is 0.856. The summed E-state index contributed by atoms with van der Waals surface area (Å²) in [5.41, 5.74) is 1.27. The number of halogens is 1. The highest BCUT2D eigenvalue weighted by atomic mass is 35.5. The molecule has 0 spiro atoms. The summed E-state index contributed by atoms with van der Waals surface area (Å²) in [6.07, 6.45) is 1.45. The van der Waals surface area contributed by atoms with Gasteiger partial charge in [0.25, 0.3) is 10.0 Å². The van der Waals surface area contributed by atoms with E-state index in [0.717, 1.165) is 5.56 Å². The molecule has 2 aromatic rings. The van der Waals surface area contributed by atoms with E-state index < -0.39 is 10.0 Å². The van der Waals surface area contributed by atoms with Crippen molar-refractivity contribution >= 4 is 27.3 Å². The monoisotopic (exact) mass is 325 g/mol. The smallest absolute Gasteiger partial charge is 0.260 e. The third kappa shape index (κ3) is 4.17. The van der Waals surface area contributed by atoms with E-state index in [1.54, 1.807) is 36.4 Å². The van der Waals surface area contributed by atoms with Gasteiger partial charge in [-0.25, -0.2) is 18.1 Å². The Morgan fingerprint density at radius 1 is 1.24 bits per heavy atom. The van der Waals surface area contributed by atoms with Gasteiger partial charge < -0.3 is 5.32 Å². The number of rotatable bonds is 6. The molecule has 2 rings (SSSR count). The first-order valence-electron chi connectivity index (χ1n) is 6.46. The fourth-order valence-corrected chi connectivity index (χ4v) is 3.16. The minimum Gasteiger partial charge on any atom is -0.383 e. The molecule has 0 aliphatic heterocycles. The van der Waals surface area contributed by atoms with Crippen LogP contribution in [-0.2, 0) is 16.6 Å². The summed E-state index contributed by atoms with van der Waals surface area (Å²) in [7, 11) is -3.69. The van der Waals surface area contributed by atoms with Gasteiger partial charge in [0.15, 0.2) is 5.03 Å². The molecular weight excluding hydrogens is 310 g/mol. The van der Waals surface area contributed by atoms with Crippen LogP contribution >= 0.6 is 11.6 Å². The summed E-state index contributed by atoms with van der Waals surface area (Å²) in [5, 5.41) is 3.55. The van der Waals surface area contributed by atoms with Gasteiger partial charge in [-0.15, -0.1) is 0 Å². The Morgan fingerprint density at radius 3 is 2.76 bits per heavy atom. The summed E-state index contributed by atoms with van der Waals surface area (Å²) in [6, 6.07) is 10.4. The molecule has 7 heteroatoms. The summed E-state index contributed by atoms with van der Waals surface area (Å²) in [4.78, 5) is 3.96. The van der Waals surface area contributed by atoms with Crippen molar-refractivity contribution in [1.29, 1.82) is 0 Å². The van der Waals surface area contributed by atoms with Gasteiger partial charge in [0, 0.05) is 24.3 Å². The molecule has 0 fully saturated rings. The van der Waals surface area contributed by atoms with Crippen LogP contribution in [0, 0.1) is 0 Å². The lowest BCUT2D eigenvalue weighted by Crippen LogP contribution is -2.25. The van der Waals surface area contributed by atoms with Crippen molar-refractivity contribution in [1.82, 2.24) is 9.71 Å². The molecule has 112 valence electrons. The lowest BCUT2D eigenvalue weighted by atomic mass is 10.2. The van der Waals surface area contributed by atoms with Crippen molar-refractivity contribution in [3.05, 3.63) is 53.2 Å². The van der Waals surface area contributed by atoms with Crippen molar-refractivity contribution in [2.45, 2.75) is 18.5 Å². The van der Waals surface area contributed by atoms with Crippen LogP contribution in [0.4, 0.5) is 5.69 Å². The molecule has 0 saturated heterocycles. The van der Waals surface area contributed by atoms with Crippen LogP contribution in [0.1, 0.15) is 12.5 Å². The van der Waals surface area contributed by atoms with Crippen molar-refractivity contribution in [3.63, 3.8) is 0 Å². The molecule has 2 N–H and O–H groups in total. The molecule has 0 bridgehead atoms. The average molecular weight is 326 g/mol. The first-order valence-corrected chi connectivity index (χ1v) is 8.32. The molecule has 1 aromatic carbocycles. The third-order valence-electron chi connectivity index (χ3n) is 2.75. The maximum absolute atomic E-state index is 12.3. The molecule has 0 aliphatic rings. The van der Waals surface area contributed by atoms with Crippen LogP contribution in [0.15, 0.2) is 47.6 Å². The Morgan fingerprint density at radius 2 is 2.05 bits per heavy atom. The zero-order valence-corrected chi connectivity index (χ0v) is 13.1. The Balaban J connectivity index is 2.19. The number of sulfonamides is 1. The SMILES string of the molecule is CCNc1cccnc1S(=O)(=O)NCc1cccc(Cl)c1. The molecule has 1 aromatic heterocycles. The second-order valence-electron chi connectivity index (χ2n) is 4.34. The zero-order chi connectivity index (χ0) is 15.3. The van der Waals surface area contributed by atoms with Crippen LogP contribution in [0.2, 0.25) is 5.02 Å². The van der Waals surface area contributed by atoms with Crippen molar-refractivity contribution < 1.29 is 8.42 Å². The highest BCUT2D eigenvalue weighted by Crippen LogP contribution is 2.18. The van der Waals surface area contributed by atoms with Crippen LogP contribution in [0.5, 0.6) is 0 Å². The summed E-state index contributed by atoms with van der Waals surface area (Å²) >= 11 is 5.88. The van der Waals surface area contributed by atoms with E-state index in [4.69, 9.17) is 11.6 Å². The fraction of sp³-hybridized carbons (Fsp3) is 0.214. The average Bonchev–Trinajstić information content (AvgIpc) is 2.46. The van der Waals surface area contributed by atoms with Gasteiger partial charge in [-0.05, 0) is 36.8 Å². The van der Waals surface area contributed by atoms with Crippen LogP contribution in [0.25, 0.3) is 0 Å². The number of aromatic nitrogens is 1.